The molecule has 0 fully saturated rings. The molecule has 0 unspecified atom stereocenters. The number of rotatable bonds is 13. The van der Waals surface area contributed by atoms with Gasteiger partial charge in [0, 0.05) is 24.2 Å². The van der Waals surface area contributed by atoms with Gasteiger partial charge >= 0.3 is 0 Å². The van der Waals surface area contributed by atoms with Crippen molar-refractivity contribution >= 4 is 11.6 Å². The lowest BCUT2D eigenvalue weighted by atomic mass is 10.1. The van der Waals surface area contributed by atoms with Crippen molar-refractivity contribution in [1.29, 1.82) is 0 Å². The van der Waals surface area contributed by atoms with Gasteiger partial charge in [-0.05, 0) is 67.8 Å². The van der Waals surface area contributed by atoms with Crippen LogP contribution in [-0.4, -0.2) is 37.4 Å². The molecule has 37 heavy (non-hydrogen) atoms. The van der Waals surface area contributed by atoms with E-state index in [0.717, 1.165) is 35.5 Å². The minimum absolute atomic E-state index is 0.199. The number of anilines is 1. The van der Waals surface area contributed by atoms with Crippen molar-refractivity contribution in [2.24, 2.45) is 11.5 Å². The Bertz CT molecular complexity index is 973. The second kappa shape index (κ2) is 18.7. The molecule has 0 spiro atoms. The fraction of sp³-hybridized carbons (Fsp3) is 0.367. The van der Waals surface area contributed by atoms with Crippen molar-refractivity contribution in [2.45, 2.75) is 52.1 Å². The molecule has 1 atom stereocenters. The summed E-state index contributed by atoms with van der Waals surface area (Å²) >= 11 is 0. The van der Waals surface area contributed by atoms with Crippen LogP contribution in [0.25, 0.3) is 0 Å². The van der Waals surface area contributed by atoms with Gasteiger partial charge in [0.2, 0.25) is 5.91 Å². The summed E-state index contributed by atoms with van der Waals surface area (Å²) in [6.07, 6.45) is 8.26. The fourth-order valence-electron chi connectivity index (χ4n) is 3.45. The van der Waals surface area contributed by atoms with E-state index in [9.17, 15) is 9.90 Å². The number of nitrogens with one attached hydrogen (secondary N) is 1. The van der Waals surface area contributed by atoms with E-state index in [-0.39, 0.29) is 12.5 Å². The Kier molecular flexibility index (Phi) is 15.9. The highest BCUT2D eigenvalue weighted by atomic mass is 16.5. The van der Waals surface area contributed by atoms with E-state index >= 15 is 0 Å². The second-order valence-electron chi connectivity index (χ2n) is 8.04. The van der Waals surface area contributed by atoms with Crippen molar-refractivity contribution in [3.05, 3.63) is 95.9 Å². The zero-order chi connectivity index (χ0) is 27.5. The van der Waals surface area contributed by atoms with Gasteiger partial charge in [-0.25, -0.2) is 0 Å². The topological polar surface area (TPSA) is 120 Å². The molecule has 3 rings (SSSR count). The molecule has 0 bridgehead atoms. The lowest BCUT2D eigenvalue weighted by Gasteiger charge is -2.12. The number of allylic oxidation sites excluding steroid dienone is 4. The molecule has 6 N–H and O–H groups in total. The first-order valence-corrected chi connectivity index (χ1v) is 12.8. The Morgan fingerprint density at radius 2 is 1.86 bits per heavy atom. The lowest BCUT2D eigenvalue weighted by molar-refractivity contribution is -0.118. The predicted molar refractivity (Wildman–Crippen MR) is 152 cm³/mol. The van der Waals surface area contributed by atoms with Crippen LogP contribution >= 0.6 is 0 Å². The molecule has 2 aromatic rings. The molecule has 2 aromatic carbocycles. The third-order valence-corrected chi connectivity index (χ3v) is 5.26. The summed E-state index contributed by atoms with van der Waals surface area (Å²) in [5.41, 5.74) is 14.3. The third-order valence-electron chi connectivity index (χ3n) is 5.26. The summed E-state index contributed by atoms with van der Waals surface area (Å²) < 4.78 is 11.2. The minimum atomic E-state index is -0.579. The monoisotopic (exact) mass is 509 g/mol. The van der Waals surface area contributed by atoms with Crippen LogP contribution in [0.1, 0.15) is 44.2 Å². The van der Waals surface area contributed by atoms with Gasteiger partial charge in [-0.2, -0.15) is 0 Å². The largest absolute Gasteiger partial charge is 0.494 e. The second-order valence-corrected chi connectivity index (χ2v) is 8.04. The number of fused-ring (bicyclic) bond motifs is 1. The highest BCUT2D eigenvalue weighted by molar-refractivity contribution is 5.73. The molecule has 0 radical (unpaired) electrons. The fourth-order valence-corrected chi connectivity index (χ4v) is 3.45. The van der Waals surface area contributed by atoms with Gasteiger partial charge in [-0.1, -0.05) is 56.8 Å². The van der Waals surface area contributed by atoms with E-state index in [1.807, 2.05) is 62.4 Å². The van der Waals surface area contributed by atoms with Crippen LogP contribution in [0.2, 0.25) is 0 Å². The number of primary amides is 1. The molecule has 1 aliphatic rings. The number of nitrogens with two attached hydrogens (primary N) is 2. The molecule has 0 aromatic heterocycles. The number of aliphatic hydroxyl groups is 1. The number of carbonyl (C=O) groups is 1. The quantitative estimate of drug-likeness (QED) is 0.174. The number of para-hydroxylation sites is 1. The zero-order valence-corrected chi connectivity index (χ0v) is 22.4. The Hall–Kier alpha value is -3.55. The van der Waals surface area contributed by atoms with Crippen LogP contribution in [0, 0.1) is 0 Å². The number of ether oxygens (including phenoxy) is 2. The summed E-state index contributed by atoms with van der Waals surface area (Å²) in [5, 5.41) is 13.6. The van der Waals surface area contributed by atoms with Gasteiger partial charge < -0.3 is 31.4 Å². The molecule has 1 aliphatic heterocycles. The van der Waals surface area contributed by atoms with E-state index in [4.69, 9.17) is 15.2 Å². The van der Waals surface area contributed by atoms with E-state index < -0.39 is 6.10 Å². The molecule has 0 saturated heterocycles. The third kappa shape index (κ3) is 12.8. The number of hydrogen-bond acceptors (Lipinski definition) is 6. The highest BCUT2D eigenvalue weighted by Crippen LogP contribution is 2.27. The number of aryl methyl sites for hydroxylation is 1. The average molecular weight is 510 g/mol. The normalized spacial score (nSPS) is 13.4. The van der Waals surface area contributed by atoms with Crippen LogP contribution in [0.15, 0.2) is 84.8 Å². The maximum Gasteiger partial charge on any atom is 0.217 e. The van der Waals surface area contributed by atoms with Gasteiger partial charge in [0.15, 0.2) is 0 Å². The SMILES string of the molecule is C=C(/C=C\C=C1/Cc2ccccc2N1)OC[C@@H](O)CCc1ccc(OCCCC(N)=O)cc1.CC.CN. The molecule has 202 valence electrons. The molecule has 7 heteroatoms. The van der Waals surface area contributed by atoms with Crippen LogP contribution in [-0.2, 0) is 22.4 Å². The zero-order valence-electron chi connectivity index (χ0n) is 22.4. The van der Waals surface area contributed by atoms with Crippen molar-refractivity contribution in [3.8, 4) is 5.75 Å². The average Bonchev–Trinajstić information content (AvgIpc) is 3.34. The van der Waals surface area contributed by atoms with Gasteiger partial charge in [0.05, 0.1) is 12.7 Å². The molecule has 1 heterocycles. The number of hydrogen-bond donors (Lipinski definition) is 4. The van der Waals surface area contributed by atoms with Crippen molar-refractivity contribution < 1.29 is 19.4 Å². The summed E-state index contributed by atoms with van der Waals surface area (Å²) in [4.78, 5) is 10.7. The van der Waals surface area contributed by atoms with Gasteiger partial charge in [-0.3, -0.25) is 4.79 Å². The van der Waals surface area contributed by atoms with E-state index in [1.165, 1.54) is 12.6 Å². The van der Waals surface area contributed by atoms with Crippen molar-refractivity contribution in [2.75, 3.05) is 25.6 Å². The molecule has 1 amide bonds. The summed E-state index contributed by atoms with van der Waals surface area (Å²) in [5.74, 6) is 0.946. The van der Waals surface area contributed by atoms with E-state index in [0.29, 0.717) is 31.6 Å². The molecular formula is C30H43N3O4. The molecule has 7 nitrogen and oxygen atoms in total. The molecular weight excluding hydrogens is 466 g/mol. The number of benzene rings is 2. The van der Waals surface area contributed by atoms with Gasteiger partial charge in [-0.15, -0.1) is 0 Å². The summed E-state index contributed by atoms with van der Waals surface area (Å²) in [6.45, 7) is 8.54. The van der Waals surface area contributed by atoms with Crippen molar-refractivity contribution in [3.63, 3.8) is 0 Å². The summed E-state index contributed by atoms with van der Waals surface area (Å²) in [7, 11) is 1.50. The number of carbonyl (C=O) groups excluding carboxylic acids is 1. The highest BCUT2D eigenvalue weighted by Gasteiger charge is 2.12. The lowest BCUT2D eigenvalue weighted by Crippen LogP contribution is -2.15. The summed E-state index contributed by atoms with van der Waals surface area (Å²) in [6, 6.07) is 16.0. The standard InChI is InChI=1S/C27H32N2O4.C2H6.CH5N/c1-20(6-4-8-23-18-22-7-2-3-9-26(22)29-23)33-19-24(30)14-11-21-12-15-25(16-13-21)32-17-5-10-27(28)31;2*1-2/h2-4,6-9,12-13,15-16,24,29-30H,1,5,10-11,14,17-19H2,(H2,28,31);1-2H3;2H2,1H3/b6-4-,23-8+;;/t24-;;/m0../s1. The predicted octanol–water partition coefficient (Wildman–Crippen LogP) is 4.86. The maximum absolute atomic E-state index is 10.7. The van der Waals surface area contributed by atoms with Gasteiger partial charge in [0.25, 0.3) is 0 Å². The smallest absolute Gasteiger partial charge is 0.217 e. The Labute approximate surface area is 221 Å². The van der Waals surface area contributed by atoms with Crippen LogP contribution in [0.3, 0.4) is 0 Å². The van der Waals surface area contributed by atoms with E-state index in [2.05, 4.69) is 29.8 Å². The first-order valence-electron chi connectivity index (χ1n) is 12.8. The number of amides is 1. The molecule has 0 aliphatic carbocycles. The minimum Gasteiger partial charge on any atom is -0.494 e. The maximum atomic E-state index is 10.7. The Morgan fingerprint density at radius 3 is 2.54 bits per heavy atom. The Balaban J connectivity index is 0.00000163. The first kappa shape index (κ1) is 31.5. The van der Waals surface area contributed by atoms with Crippen molar-refractivity contribution in [1.82, 2.24) is 0 Å². The Morgan fingerprint density at radius 1 is 1.16 bits per heavy atom. The van der Waals surface area contributed by atoms with E-state index in [1.54, 1.807) is 6.08 Å². The van der Waals surface area contributed by atoms with Crippen LogP contribution in [0.4, 0.5) is 5.69 Å². The van der Waals surface area contributed by atoms with Crippen LogP contribution < -0.4 is 21.5 Å². The molecule has 0 saturated carbocycles. The van der Waals surface area contributed by atoms with Gasteiger partial charge in [0.1, 0.15) is 18.1 Å². The van der Waals surface area contributed by atoms with Crippen LogP contribution in [0.5, 0.6) is 5.75 Å². The number of aliphatic hydroxyl groups excluding tert-OH is 1. The first-order chi connectivity index (χ1) is 18.0.